The SMILES string of the molecule is Cc1ccc(C(=O)N2CCN(c3cc(-n4ccnc4C)ncn3)CC2)c(C)c1. The molecule has 0 atom stereocenters. The number of nitrogens with zero attached hydrogens (tertiary/aromatic N) is 6. The molecule has 4 rings (SSSR count). The number of carbonyl (C=O) groups is 1. The fourth-order valence-electron chi connectivity index (χ4n) is 3.62. The lowest BCUT2D eigenvalue weighted by Gasteiger charge is -2.35. The Morgan fingerprint density at radius 2 is 1.68 bits per heavy atom. The Balaban J connectivity index is 1.46. The van der Waals surface area contributed by atoms with Crippen molar-refractivity contribution in [2.75, 3.05) is 31.1 Å². The smallest absolute Gasteiger partial charge is 0.254 e. The van der Waals surface area contributed by atoms with Crippen LogP contribution in [0.5, 0.6) is 0 Å². The van der Waals surface area contributed by atoms with E-state index in [9.17, 15) is 4.79 Å². The summed E-state index contributed by atoms with van der Waals surface area (Å²) in [6, 6.07) is 7.96. The van der Waals surface area contributed by atoms with Crippen LogP contribution >= 0.6 is 0 Å². The molecule has 0 aliphatic carbocycles. The van der Waals surface area contributed by atoms with E-state index < -0.39 is 0 Å². The minimum atomic E-state index is 0.106. The van der Waals surface area contributed by atoms with Crippen molar-refractivity contribution >= 4 is 11.7 Å². The summed E-state index contributed by atoms with van der Waals surface area (Å²) in [6.45, 7) is 8.83. The third kappa shape index (κ3) is 3.47. The third-order valence-corrected chi connectivity index (χ3v) is 5.21. The van der Waals surface area contributed by atoms with Crippen LogP contribution in [0.1, 0.15) is 27.3 Å². The molecule has 1 aliphatic heterocycles. The molecule has 0 spiro atoms. The van der Waals surface area contributed by atoms with Gasteiger partial charge in [-0.1, -0.05) is 17.7 Å². The molecule has 1 aromatic carbocycles. The molecule has 1 fully saturated rings. The molecule has 3 aromatic rings. The highest BCUT2D eigenvalue weighted by Crippen LogP contribution is 2.19. The summed E-state index contributed by atoms with van der Waals surface area (Å²) in [7, 11) is 0. The van der Waals surface area contributed by atoms with E-state index in [1.165, 1.54) is 5.56 Å². The molecule has 0 N–H and O–H groups in total. The molecule has 3 heterocycles. The molecule has 28 heavy (non-hydrogen) atoms. The lowest BCUT2D eigenvalue weighted by Crippen LogP contribution is -2.49. The lowest BCUT2D eigenvalue weighted by atomic mass is 10.0. The van der Waals surface area contributed by atoms with Crippen molar-refractivity contribution < 1.29 is 4.79 Å². The van der Waals surface area contributed by atoms with Crippen LogP contribution < -0.4 is 4.90 Å². The summed E-state index contributed by atoms with van der Waals surface area (Å²) in [5, 5.41) is 0. The summed E-state index contributed by atoms with van der Waals surface area (Å²) in [4.78, 5) is 30.1. The second-order valence-electron chi connectivity index (χ2n) is 7.18. The van der Waals surface area contributed by atoms with Gasteiger partial charge in [0.1, 0.15) is 23.8 Å². The van der Waals surface area contributed by atoms with Gasteiger partial charge in [0, 0.05) is 50.2 Å². The van der Waals surface area contributed by atoms with Crippen LogP contribution in [0, 0.1) is 20.8 Å². The quantitative estimate of drug-likeness (QED) is 0.703. The summed E-state index contributed by atoms with van der Waals surface area (Å²) in [5.41, 5.74) is 2.99. The number of hydrogen-bond acceptors (Lipinski definition) is 5. The van der Waals surface area contributed by atoms with Crippen LogP contribution in [0.2, 0.25) is 0 Å². The van der Waals surface area contributed by atoms with Crippen molar-refractivity contribution in [1.29, 1.82) is 0 Å². The number of piperazine rings is 1. The molecule has 1 amide bonds. The van der Waals surface area contributed by atoms with Crippen LogP contribution in [-0.2, 0) is 0 Å². The number of amides is 1. The fraction of sp³-hybridized carbons (Fsp3) is 0.333. The number of hydrogen-bond donors (Lipinski definition) is 0. The molecular weight excluding hydrogens is 352 g/mol. The summed E-state index contributed by atoms with van der Waals surface area (Å²) >= 11 is 0. The van der Waals surface area contributed by atoms with Crippen LogP contribution in [0.4, 0.5) is 5.82 Å². The van der Waals surface area contributed by atoms with E-state index in [4.69, 9.17) is 0 Å². The van der Waals surface area contributed by atoms with E-state index in [2.05, 4.69) is 25.9 Å². The highest BCUT2D eigenvalue weighted by atomic mass is 16.2. The van der Waals surface area contributed by atoms with Crippen LogP contribution in [-0.4, -0.2) is 56.5 Å². The second-order valence-corrected chi connectivity index (χ2v) is 7.18. The van der Waals surface area contributed by atoms with Gasteiger partial charge in [-0.25, -0.2) is 15.0 Å². The van der Waals surface area contributed by atoms with Gasteiger partial charge >= 0.3 is 0 Å². The minimum Gasteiger partial charge on any atom is -0.353 e. The Kier molecular flexibility index (Phi) is 4.81. The number of anilines is 1. The molecule has 0 bridgehead atoms. The largest absolute Gasteiger partial charge is 0.353 e. The Morgan fingerprint density at radius 3 is 2.36 bits per heavy atom. The zero-order valence-electron chi connectivity index (χ0n) is 16.5. The first-order valence-electron chi connectivity index (χ1n) is 9.47. The molecule has 2 aromatic heterocycles. The predicted octanol–water partition coefficient (Wildman–Crippen LogP) is 2.55. The number of rotatable bonds is 3. The molecule has 144 valence electrons. The van der Waals surface area contributed by atoms with Gasteiger partial charge in [-0.05, 0) is 32.4 Å². The van der Waals surface area contributed by atoms with Crippen molar-refractivity contribution in [3.63, 3.8) is 0 Å². The van der Waals surface area contributed by atoms with Crippen molar-refractivity contribution in [2.45, 2.75) is 20.8 Å². The zero-order valence-corrected chi connectivity index (χ0v) is 16.5. The van der Waals surface area contributed by atoms with Gasteiger partial charge in [-0.15, -0.1) is 0 Å². The molecule has 1 aliphatic rings. The molecule has 1 saturated heterocycles. The van der Waals surface area contributed by atoms with Crippen LogP contribution in [0.15, 0.2) is 43.0 Å². The fourth-order valence-corrected chi connectivity index (χ4v) is 3.62. The first-order chi connectivity index (χ1) is 13.5. The van der Waals surface area contributed by atoms with E-state index in [-0.39, 0.29) is 5.91 Å². The van der Waals surface area contributed by atoms with E-state index in [1.807, 2.05) is 54.6 Å². The predicted molar refractivity (Wildman–Crippen MR) is 108 cm³/mol. The number of aryl methyl sites for hydroxylation is 3. The first-order valence-corrected chi connectivity index (χ1v) is 9.47. The molecule has 7 heteroatoms. The highest BCUT2D eigenvalue weighted by molar-refractivity contribution is 5.95. The number of imidazole rings is 1. The lowest BCUT2D eigenvalue weighted by molar-refractivity contribution is 0.0746. The van der Waals surface area contributed by atoms with Gasteiger partial charge in [0.2, 0.25) is 0 Å². The summed E-state index contributed by atoms with van der Waals surface area (Å²) in [5.74, 6) is 2.66. The summed E-state index contributed by atoms with van der Waals surface area (Å²) < 4.78 is 1.94. The van der Waals surface area contributed by atoms with Gasteiger partial charge in [0.05, 0.1) is 0 Å². The Hall–Kier alpha value is -3.22. The van der Waals surface area contributed by atoms with E-state index >= 15 is 0 Å². The molecule has 0 unspecified atom stereocenters. The molecule has 7 nitrogen and oxygen atoms in total. The van der Waals surface area contributed by atoms with Crippen molar-refractivity contribution in [3.05, 3.63) is 65.5 Å². The topological polar surface area (TPSA) is 67.2 Å². The second kappa shape index (κ2) is 7.42. The van der Waals surface area contributed by atoms with E-state index in [1.54, 1.807) is 12.5 Å². The average Bonchev–Trinajstić information content (AvgIpc) is 3.14. The zero-order chi connectivity index (χ0) is 19.7. The molecule has 0 radical (unpaired) electrons. The monoisotopic (exact) mass is 376 g/mol. The Labute approximate surface area is 164 Å². The Bertz CT molecular complexity index is 1000. The highest BCUT2D eigenvalue weighted by Gasteiger charge is 2.24. The van der Waals surface area contributed by atoms with Crippen LogP contribution in [0.3, 0.4) is 0 Å². The van der Waals surface area contributed by atoms with Gasteiger partial charge in [-0.2, -0.15) is 0 Å². The van der Waals surface area contributed by atoms with Gasteiger partial charge in [0.25, 0.3) is 5.91 Å². The molecular formula is C21H24N6O. The maximum Gasteiger partial charge on any atom is 0.254 e. The number of aromatic nitrogens is 4. The van der Waals surface area contributed by atoms with Gasteiger partial charge in [-0.3, -0.25) is 9.36 Å². The Morgan fingerprint density at radius 1 is 0.929 bits per heavy atom. The van der Waals surface area contributed by atoms with E-state index in [0.717, 1.165) is 41.7 Å². The van der Waals surface area contributed by atoms with Gasteiger partial charge in [0.15, 0.2) is 0 Å². The number of benzene rings is 1. The third-order valence-electron chi connectivity index (χ3n) is 5.21. The number of carbonyl (C=O) groups excluding carboxylic acids is 1. The van der Waals surface area contributed by atoms with E-state index in [0.29, 0.717) is 13.1 Å². The normalized spacial score (nSPS) is 14.4. The molecule has 0 saturated carbocycles. The standard InChI is InChI=1S/C21H24N6O/c1-15-4-5-18(16(2)12-15)21(28)26-10-8-25(9-11-26)19-13-20(24-14-23-19)27-7-6-22-17(27)3/h4-7,12-14H,8-11H2,1-3H3. The summed E-state index contributed by atoms with van der Waals surface area (Å²) in [6.07, 6.45) is 5.23. The maximum atomic E-state index is 12.9. The average molecular weight is 376 g/mol. The van der Waals surface area contributed by atoms with Crippen molar-refractivity contribution in [1.82, 2.24) is 24.4 Å². The minimum absolute atomic E-state index is 0.106. The van der Waals surface area contributed by atoms with Crippen molar-refractivity contribution in [3.8, 4) is 5.82 Å². The van der Waals surface area contributed by atoms with Gasteiger partial charge < -0.3 is 9.80 Å². The maximum absolute atomic E-state index is 12.9. The first kappa shape index (κ1) is 18.2. The van der Waals surface area contributed by atoms with Crippen molar-refractivity contribution in [2.24, 2.45) is 0 Å². The van der Waals surface area contributed by atoms with Crippen LogP contribution in [0.25, 0.3) is 5.82 Å².